The summed E-state index contributed by atoms with van der Waals surface area (Å²) in [7, 11) is -1.45. The first kappa shape index (κ1) is 16.2. The van der Waals surface area contributed by atoms with Crippen molar-refractivity contribution >= 4 is 15.8 Å². The summed E-state index contributed by atoms with van der Waals surface area (Å²) in [5.74, 6) is 0.700. The fourth-order valence-electron chi connectivity index (χ4n) is 2.42. The molecule has 0 saturated carbocycles. The van der Waals surface area contributed by atoms with Crippen LogP contribution in [-0.2, 0) is 10.0 Å². The average molecular weight is 312 g/mol. The highest BCUT2D eigenvalue weighted by molar-refractivity contribution is 7.89. The molecule has 1 atom stereocenters. The third kappa shape index (κ3) is 4.39. The molecule has 0 radical (unpaired) electrons. The summed E-state index contributed by atoms with van der Waals surface area (Å²) in [5.41, 5.74) is 0. The van der Waals surface area contributed by atoms with Crippen molar-refractivity contribution in [3.05, 3.63) is 18.3 Å². The summed E-state index contributed by atoms with van der Waals surface area (Å²) in [6.45, 7) is 4.38. The largest absolute Gasteiger partial charge is 0.370 e. The van der Waals surface area contributed by atoms with E-state index in [1.807, 2.05) is 7.05 Å². The van der Waals surface area contributed by atoms with Crippen LogP contribution < -0.4 is 10.0 Å². The van der Waals surface area contributed by atoms with Crippen molar-refractivity contribution < 1.29 is 8.42 Å². The number of rotatable bonds is 7. The summed E-state index contributed by atoms with van der Waals surface area (Å²) >= 11 is 0. The van der Waals surface area contributed by atoms with E-state index < -0.39 is 10.0 Å². The van der Waals surface area contributed by atoms with Gasteiger partial charge in [-0.1, -0.05) is 6.92 Å². The van der Waals surface area contributed by atoms with Gasteiger partial charge in [0, 0.05) is 25.3 Å². The number of nitrogens with zero attached hydrogens (tertiary/aromatic N) is 2. The molecule has 1 unspecified atom stereocenters. The Kier molecular flexibility index (Phi) is 5.55. The lowest BCUT2D eigenvalue weighted by atomic mass is 10.2. The third-order valence-electron chi connectivity index (χ3n) is 3.78. The fraction of sp³-hybridized carbons (Fsp3) is 0.643. The summed E-state index contributed by atoms with van der Waals surface area (Å²) in [6.07, 6.45) is 4.57. The smallest absolute Gasteiger partial charge is 0.242 e. The molecule has 1 aliphatic rings. The lowest BCUT2D eigenvalue weighted by Crippen LogP contribution is -2.38. The maximum absolute atomic E-state index is 12.2. The molecule has 0 spiro atoms. The molecular formula is C14H24N4O2S. The Hall–Kier alpha value is -1.18. The first-order valence-corrected chi connectivity index (χ1v) is 8.91. The van der Waals surface area contributed by atoms with Gasteiger partial charge in [-0.15, -0.1) is 0 Å². The van der Waals surface area contributed by atoms with Crippen LogP contribution in [0.15, 0.2) is 23.2 Å². The van der Waals surface area contributed by atoms with Gasteiger partial charge in [0.1, 0.15) is 10.7 Å². The summed E-state index contributed by atoms with van der Waals surface area (Å²) in [6, 6.07) is 3.58. The molecular weight excluding hydrogens is 288 g/mol. The van der Waals surface area contributed by atoms with Crippen molar-refractivity contribution in [3.63, 3.8) is 0 Å². The zero-order valence-corrected chi connectivity index (χ0v) is 13.5. The number of sulfonamides is 1. The van der Waals surface area contributed by atoms with Crippen molar-refractivity contribution in [2.24, 2.45) is 0 Å². The highest BCUT2D eigenvalue weighted by Crippen LogP contribution is 2.15. The van der Waals surface area contributed by atoms with Crippen LogP contribution >= 0.6 is 0 Å². The minimum absolute atomic E-state index is 0.213. The zero-order valence-electron chi connectivity index (χ0n) is 12.7. The zero-order chi connectivity index (χ0) is 15.3. The molecule has 0 aliphatic carbocycles. The second-order valence-corrected chi connectivity index (χ2v) is 7.20. The predicted octanol–water partition coefficient (Wildman–Crippen LogP) is 1.28. The Balaban J connectivity index is 1.95. The Labute approximate surface area is 127 Å². The van der Waals surface area contributed by atoms with Gasteiger partial charge in [0.15, 0.2) is 0 Å². The number of hydrogen-bond acceptors (Lipinski definition) is 5. The average Bonchev–Trinajstić information content (AvgIpc) is 2.89. The first-order chi connectivity index (χ1) is 10.0. The minimum atomic E-state index is -3.48. The van der Waals surface area contributed by atoms with Crippen molar-refractivity contribution in [3.8, 4) is 0 Å². The minimum Gasteiger partial charge on any atom is -0.370 e. The number of aromatic nitrogens is 1. The normalized spacial score (nSPS) is 19.8. The van der Waals surface area contributed by atoms with Gasteiger partial charge in [0.05, 0.1) is 0 Å². The van der Waals surface area contributed by atoms with E-state index in [0.717, 1.165) is 32.4 Å². The van der Waals surface area contributed by atoms with Gasteiger partial charge in [0.25, 0.3) is 0 Å². The SMILES string of the molecule is CCCNc1ccc(S(=O)(=O)NCC2CCCN2C)cn1. The van der Waals surface area contributed by atoms with E-state index in [1.165, 1.54) is 6.20 Å². The number of pyridine rings is 1. The van der Waals surface area contributed by atoms with Crippen LogP contribution in [-0.4, -0.2) is 51.0 Å². The van der Waals surface area contributed by atoms with Crippen LogP contribution in [0, 0.1) is 0 Å². The molecule has 1 saturated heterocycles. The van der Waals surface area contributed by atoms with Crippen LogP contribution in [0.1, 0.15) is 26.2 Å². The van der Waals surface area contributed by atoms with E-state index in [-0.39, 0.29) is 4.90 Å². The van der Waals surface area contributed by atoms with E-state index in [9.17, 15) is 8.42 Å². The van der Waals surface area contributed by atoms with Gasteiger partial charge >= 0.3 is 0 Å². The van der Waals surface area contributed by atoms with Crippen LogP contribution in [0.5, 0.6) is 0 Å². The molecule has 2 rings (SSSR count). The standard InChI is InChI=1S/C14H24N4O2S/c1-3-8-15-14-7-6-13(11-16-14)21(19,20)17-10-12-5-4-9-18(12)2/h6-7,11-12,17H,3-5,8-10H2,1-2H3,(H,15,16). The molecule has 0 amide bonds. The van der Waals surface area contributed by atoms with Crippen LogP contribution in [0.3, 0.4) is 0 Å². The topological polar surface area (TPSA) is 74.3 Å². The molecule has 118 valence electrons. The van der Waals surface area contributed by atoms with Crippen molar-refractivity contribution in [1.82, 2.24) is 14.6 Å². The molecule has 1 aliphatic heterocycles. The summed E-state index contributed by atoms with van der Waals surface area (Å²) in [4.78, 5) is 6.54. The van der Waals surface area contributed by atoms with E-state index in [4.69, 9.17) is 0 Å². The molecule has 1 aromatic heterocycles. The molecule has 6 nitrogen and oxygen atoms in total. The molecule has 0 aromatic carbocycles. The van der Waals surface area contributed by atoms with Gasteiger partial charge in [-0.25, -0.2) is 18.1 Å². The predicted molar refractivity (Wildman–Crippen MR) is 83.9 cm³/mol. The number of likely N-dealkylation sites (N-methyl/N-ethyl adjacent to an activating group) is 1. The maximum Gasteiger partial charge on any atom is 0.242 e. The van der Waals surface area contributed by atoms with E-state index >= 15 is 0 Å². The lowest BCUT2D eigenvalue weighted by molar-refractivity contribution is 0.311. The van der Waals surface area contributed by atoms with Gasteiger partial charge in [-0.2, -0.15) is 0 Å². The maximum atomic E-state index is 12.2. The summed E-state index contributed by atoms with van der Waals surface area (Å²) in [5, 5.41) is 3.12. The number of nitrogens with one attached hydrogen (secondary N) is 2. The third-order valence-corrected chi connectivity index (χ3v) is 5.19. The fourth-order valence-corrected chi connectivity index (χ4v) is 3.44. The molecule has 7 heteroatoms. The Bertz CT molecular complexity index is 545. The monoisotopic (exact) mass is 312 g/mol. The van der Waals surface area contributed by atoms with Crippen LogP contribution in [0.25, 0.3) is 0 Å². The Morgan fingerprint density at radius 1 is 1.43 bits per heavy atom. The highest BCUT2D eigenvalue weighted by Gasteiger charge is 2.23. The summed E-state index contributed by atoms with van der Waals surface area (Å²) < 4.78 is 27.1. The molecule has 1 aromatic rings. The Morgan fingerprint density at radius 2 is 2.24 bits per heavy atom. The van der Waals surface area contributed by atoms with Gasteiger partial charge in [-0.05, 0) is 45.0 Å². The van der Waals surface area contributed by atoms with Crippen LogP contribution in [0.4, 0.5) is 5.82 Å². The van der Waals surface area contributed by atoms with Gasteiger partial charge in [0.2, 0.25) is 10.0 Å². The number of anilines is 1. The van der Waals surface area contributed by atoms with E-state index in [2.05, 4.69) is 26.8 Å². The van der Waals surface area contributed by atoms with Gasteiger partial charge in [-0.3, -0.25) is 0 Å². The highest BCUT2D eigenvalue weighted by atomic mass is 32.2. The van der Waals surface area contributed by atoms with Crippen LogP contribution in [0.2, 0.25) is 0 Å². The molecule has 2 heterocycles. The number of likely N-dealkylation sites (tertiary alicyclic amines) is 1. The lowest BCUT2D eigenvalue weighted by Gasteiger charge is -2.19. The van der Waals surface area contributed by atoms with Crippen molar-refractivity contribution in [2.45, 2.75) is 37.1 Å². The Morgan fingerprint density at radius 3 is 2.81 bits per heavy atom. The molecule has 1 fully saturated rings. The quantitative estimate of drug-likeness (QED) is 0.793. The van der Waals surface area contributed by atoms with Gasteiger partial charge < -0.3 is 10.2 Å². The second kappa shape index (κ2) is 7.20. The van der Waals surface area contributed by atoms with Crippen molar-refractivity contribution in [2.75, 3.05) is 32.0 Å². The first-order valence-electron chi connectivity index (χ1n) is 7.43. The molecule has 21 heavy (non-hydrogen) atoms. The molecule has 0 bridgehead atoms. The van der Waals surface area contributed by atoms with E-state index in [0.29, 0.717) is 18.4 Å². The van der Waals surface area contributed by atoms with E-state index in [1.54, 1.807) is 12.1 Å². The van der Waals surface area contributed by atoms with Crippen molar-refractivity contribution in [1.29, 1.82) is 0 Å². The number of hydrogen-bond donors (Lipinski definition) is 2. The second-order valence-electron chi connectivity index (χ2n) is 5.43. The molecule has 2 N–H and O–H groups in total.